The van der Waals surface area contributed by atoms with Gasteiger partial charge in [-0.15, -0.1) is 24.8 Å². The molecule has 2 N–H and O–H groups in total. The molecule has 156 valence electrons. The van der Waals surface area contributed by atoms with Crippen LogP contribution >= 0.6 is 24.8 Å². The van der Waals surface area contributed by atoms with Crippen LogP contribution in [0.3, 0.4) is 0 Å². The fraction of sp³-hybridized carbons (Fsp3) is 0.500. The number of halogens is 2. The largest absolute Gasteiger partial charge is 0.379 e. The van der Waals surface area contributed by atoms with Crippen molar-refractivity contribution in [1.82, 2.24) is 14.5 Å². The van der Waals surface area contributed by atoms with E-state index in [2.05, 4.69) is 17.1 Å². The minimum atomic E-state index is -0.580. The molecule has 1 heterocycles. The number of amides is 1. The molecule has 0 radical (unpaired) electrons. The Labute approximate surface area is 179 Å². The van der Waals surface area contributed by atoms with E-state index in [4.69, 9.17) is 10.5 Å². The van der Waals surface area contributed by atoms with Gasteiger partial charge in [0.05, 0.1) is 24.7 Å². The molecule has 3 rings (SSSR count). The number of imidazole rings is 1. The lowest BCUT2D eigenvalue weighted by atomic mass is 10.1. The van der Waals surface area contributed by atoms with Crippen molar-refractivity contribution >= 4 is 30.7 Å². The minimum Gasteiger partial charge on any atom is -0.379 e. The Morgan fingerprint density at radius 3 is 2.71 bits per heavy atom. The molecule has 28 heavy (non-hydrogen) atoms. The van der Waals surface area contributed by atoms with E-state index < -0.39 is 6.04 Å². The van der Waals surface area contributed by atoms with Gasteiger partial charge in [-0.3, -0.25) is 4.79 Å². The monoisotopic (exact) mass is 428 g/mol. The van der Waals surface area contributed by atoms with Crippen LogP contribution < -0.4 is 5.73 Å². The molecule has 0 spiro atoms. The van der Waals surface area contributed by atoms with Gasteiger partial charge in [-0.2, -0.15) is 0 Å². The summed E-state index contributed by atoms with van der Waals surface area (Å²) in [6.45, 7) is 2.71. The SMILES string of the molecule is CN(CCOCC1CC1)C(=O)[C@@H](N)Cc1cn(Cc2ccccc2)cn1.Cl.Cl. The third-order valence-electron chi connectivity index (χ3n) is 4.64. The third-order valence-corrected chi connectivity index (χ3v) is 4.64. The molecule has 1 aliphatic rings. The molecule has 1 atom stereocenters. The zero-order valence-electron chi connectivity index (χ0n) is 16.2. The smallest absolute Gasteiger partial charge is 0.239 e. The Morgan fingerprint density at radius 2 is 2.04 bits per heavy atom. The van der Waals surface area contributed by atoms with Crippen molar-refractivity contribution in [1.29, 1.82) is 0 Å². The Hall–Kier alpha value is -1.60. The van der Waals surface area contributed by atoms with Crippen LogP contribution in [0.25, 0.3) is 0 Å². The van der Waals surface area contributed by atoms with E-state index in [1.165, 1.54) is 18.4 Å². The van der Waals surface area contributed by atoms with Gasteiger partial charge < -0.3 is 19.9 Å². The van der Waals surface area contributed by atoms with Gasteiger partial charge in [0.25, 0.3) is 0 Å². The molecule has 0 unspecified atom stereocenters. The van der Waals surface area contributed by atoms with Crippen LogP contribution in [0.4, 0.5) is 0 Å². The fourth-order valence-electron chi connectivity index (χ4n) is 2.83. The Morgan fingerprint density at radius 1 is 1.32 bits per heavy atom. The molecule has 1 aliphatic carbocycles. The van der Waals surface area contributed by atoms with Gasteiger partial charge in [0.1, 0.15) is 0 Å². The van der Waals surface area contributed by atoms with E-state index >= 15 is 0 Å². The van der Waals surface area contributed by atoms with Crippen molar-refractivity contribution in [2.45, 2.75) is 31.8 Å². The number of hydrogen-bond donors (Lipinski definition) is 1. The lowest BCUT2D eigenvalue weighted by molar-refractivity contribution is -0.132. The van der Waals surface area contributed by atoms with Crippen LogP contribution in [0, 0.1) is 5.92 Å². The summed E-state index contributed by atoms with van der Waals surface area (Å²) in [5.41, 5.74) is 8.14. The van der Waals surface area contributed by atoms with Crippen molar-refractivity contribution in [2.75, 3.05) is 26.8 Å². The molecule has 1 aromatic heterocycles. The highest BCUT2D eigenvalue weighted by Gasteiger charge is 2.22. The van der Waals surface area contributed by atoms with Crippen LogP contribution in [-0.2, 0) is 22.5 Å². The molecular weight excluding hydrogens is 399 g/mol. The predicted molar refractivity (Wildman–Crippen MR) is 115 cm³/mol. The summed E-state index contributed by atoms with van der Waals surface area (Å²) in [5.74, 6) is 0.668. The highest BCUT2D eigenvalue weighted by Crippen LogP contribution is 2.28. The molecule has 1 saturated carbocycles. The second-order valence-corrected chi connectivity index (χ2v) is 7.11. The van der Waals surface area contributed by atoms with Crippen LogP contribution in [0.1, 0.15) is 24.1 Å². The molecule has 0 saturated heterocycles. The van der Waals surface area contributed by atoms with Gasteiger partial charge in [-0.25, -0.2) is 4.98 Å². The number of likely N-dealkylation sites (N-methyl/N-ethyl adjacent to an activating group) is 1. The number of benzene rings is 1. The van der Waals surface area contributed by atoms with Crippen LogP contribution in [0.15, 0.2) is 42.9 Å². The normalized spacial score (nSPS) is 13.9. The first-order valence-electron chi connectivity index (χ1n) is 9.24. The lowest BCUT2D eigenvalue weighted by Gasteiger charge is -2.20. The first-order valence-corrected chi connectivity index (χ1v) is 9.24. The maximum absolute atomic E-state index is 12.4. The topological polar surface area (TPSA) is 73.4 Å². The van der Waals surface area contributed by atoms with Gasteiger partial charge in [-0.1, -0.05) is 30.3 Å². The predicted octanol–water partition coefficient (Wildman–Crippen LogP) is 2.53. The Balaban J connectivity index is 0.00000196. The van der Waals surface area contributed by atoms with E-state index in [-0.39, 0.29) is 30.7 Å². The molecule has 1 amide bonds. The molecule has 0 aliphatic heterocycles. The third kappa shape index (κ3) is 7.80. The zero-order valence-corrected chi connectivity index (χ0v) is 17.8. The molecule has 1 aromatic carbocycles. The van der Waals surface area contributed by atoms with Gasteiger partial charge in [0.15, 0.2) is 0 Å². The second kappa shape index (κ2) is 12.1. The second-order valence-electron chi connectivity index (χ2n) is 7.11. The molecule has 6 nitrogen and oxygen atoms in total. The highest BCUT2D eigenvalue weighted by molar-refractivity contribution is 5.85. The van der Waals surface area contributed by atoms with Crippen LogP contribution in [0.5, 0.6) is 0 Å². The number of ether oxygens (including phenoxy) is 1. The highest BCUT2D eigenvalue weighted by atomic mass is 35.5. The zero-order chi connectivity index (χ0) is 18.4. The molecular formula is C20H30Cl2N4O2. The molecule has 8 heteroatoms. The summed E-state index contributed by atoms with van der Waals surface area (Å²) in [7, 11) is 1.77. The summed E-state index contributed by atoms with van der Waals surface area (Å²) in [5, 5.41) is 0. The fourth-order valence-corrected chi connectivity index (χ4v) is 2.83. The van der Waals surface area contributed by atoms with E-state index in [0.717, 1.165) is 24.8 Å². The van der Waals surface area contributed by atoms with E-state index in [1.54, 1.807) is 18.3 Å². The number of nitrogens with zero attached hydrogens (tertiary/aromatic N) is 3. The minimum absolute atomic E-state index is 0. The Bertz CT molecular complexity index is 707. The van der Waals surface area contributed by atoms with Gasteiger partial charge in [0, 0.05) is 39.4 Å². The van der Waals surface area contributed by atoms with E-state index in [1.807, 2.05) is 29.0 Å². The van der Waals surface area contributed by atoms with Gasteiger partial charge in [0.2, 0.25) is 5.91 Å². The van der Waals surface area contributed by atoms with Gasteiger partial charge in [-0.05, 0) is 24.3 Å². The van der Waals surface area contributed by atoms with Crippen molar-refractivity contribution in [2.24, 2.45) is 11.7 Å². The first kappa shape index (κ1) is 24.4. The molecule has 2 aromatic rings. The lowest BCUT2D eigenvalue weighted by Crippen LogP contribution is -2.44. The molecule has 0 bridgehead atoms. The Kier molecular flexibility index (Phi) is 10.5. The summed E-state index contributed by atoms with van der Waals surface area (Å²) < 4.78 is 7.60. The van der Waals surface area contributed by atoms with Crippen LogP contribution in [-0.4, -0.2) is 53.2 Å². The average Bonchev–Trinajstić information content (AvgIpc) is 3.38. The maximum Gasteiger partial charge on any atom is 0.239 e. The average molecular weight is 429 g/mol. The number of nitrogens with two attached hydrogens (primary N) is 1. The summed E-state index contributed by atoms with van der Waals surface area (Å²) >= 11 is 0. The van der Waals surface area contributed by atoms with Crippen LogP contribution in [0.2, 0.25) is 0 Å². The van der Waals surface area contributed by atoms with Gasteiger partial charge >= 0.3 is 0 Å². The van der Waals surface area contributed by atoms with Crippen molar-refractivity contribution < 1.29 is 9.53 Å². The summed E-state index contributed by atoms with van der Waals surface area (Å²) in [6.07, 6.45) is 6.73. The number of rotatable bonds is 10. The number of hydrogen-bond acceptors (Lipinski definition) is 4. The molecule has 1 fully saturated rings. The number of carbonyl (C=O) groups excluding carboxylic acids is 1. The number of carbonyl (C=O) groups is 1. The van der Waals surface area contributed by atoms with Crippen molar-refractivity contribution in [3.05, 3.63) is 54.1 Å². The quantitative estimate of drug-likeness (QED) is 0.589. The summed E-state index contributed by atoms with van der Waals surface area (Å²) in [6, 6.07) is 9.62. The summed E-state index contributed by atoms with van der Waals surface area (Å²) in [4.78, 5) is 18.4. The van der Waals surface area contributed by atoms with E-state index in [0.29, 0.717) is 19.6 Å². The van der Waals surface area contributed by atoms with Crippen molar-refractivity contribution in [3.8, 4) is 0 Å². The van der Waals surface area contributed by atoms with Crippen molar-refractivity contribution in [3.63, 3.8) is 0 Å². The number of aromatic nitrogens is 2. The first-order chi connectivity index (χ1) is 12.6. The van der Waals surface area contributed by atoms with E-state index in [9.17, 15) is 4.79 Å². The maximum atomic E-state index is 12.4. The standard InChI is InChI=1S/C20H28N4O2.2ClH/c1-23(9-10-26-14-17-7-8-17)20(25)19(21)11-18-13-24(15-22-18)12-16-5-3-2-4-6-16;;/h2-6,13,15,17,19H,7-12,14,21H2,1H3;2*1H/t19-;;/m0../s1.